The number of likely N-dealkylation sites (tertiary alicyclic amines) is 1. The molecule has 1 unspecified atom stereocenters. The Labute approximate surface area is 152 Å². The van der Waals surface area contributed by atoms with Crippen molar-refractivity contribution in [2.75, 3.05) is 26.2 Å². The van der Waals surface area contributed by atoms with Crippen molar-refractivity contribution < 1.29 is 14.7 Å². The van der Waals surface area contributed by atoms with Gasteiger partial charge in [0.1, 0.15) is 0 Å². The maximum absolute atomic E-state index is 12.3. The van der Waals surface area contributed by atoms with Gasteiger partial charge in [-0.2, -0.15) is 0 Å². The van der Waals surface area contributed by atoms with Crippen LogP contribution >= 0.6 is 12.4 Å². The fraction of sp³-hybridized carbons (Fsp3) is 0.882. The first-order valence-electron chi connectivity index (χ1n) is 8.93. The third-order valence-corrected chi connectivity index (χ3v) is 5.02. The Morgan fingerprint density at radius 2 is 1.75 bits per heavy atom. The van der Waals surface area contributed by atoms with Gasteiger partial charge in [0.15, 0.2) is 0 Å². The molecule has 0 aromatic rings. The van der Waals surface area contributed by atoms with Crippen LogP contribution in [0.5, 0.6) is 0 Å². The number of likely N-dealkylation sites (N-methyl/N-ethyl adjacent to an activating group) is 1. The Hall–Kier alpha value is -0.850. The summed E-state index contributed by atoms with van der Waals surface area (Å²) in [7, 11) is 0. The second kappa shape index (κ2) is 11.7. The summed E-state index contributed by atoms with van der Waals surface area (Å²) in [6.45, 7) is 10.7. The molecule has 0 saturated carbocycles. The van der Waals surface area contributed by atoms with Crippen molar-refractivity contribution in [1.29, 1.82) is 0 Å². The molecule has 0 spiro atoms. The van der Waals surface area contributed by atoms with E-state index in [1.807, 2.05) is 18.7 Å². The summed E-state index contributed by atoms with van der Waals surface area (Å²) < 4.78 is 0. The molecule has 1 aliphatic rings. The molecule has 1 fully saturated rings. The van der Waals surface area contributed by atoms with Gasteiger partial charge in [-0.05, 0) is 39.2 Å². The lowest BCUT2D eigenvalue weighted by atomic mass is 10.0. The van der Waals surface area contributed by atoms with E-state index in [0.29, 0.717) is 6.04 Å². The number of hydrogen-bond donors (Lipinski definition) is 2. The lowest BCUT2D eigenvalue weighted by Gasteiger charge is -2.39. The van der Waals surface area contributed by atoms with Crippen LogP contribution in [0.2, 0.25) is 0 Å². The molecule has 0 aromatic heterocycles. The van der Waals surface area contributed by atoms with Gasteiger partial charge in [0.25, 0.3) is 0 Å². The van der Waals surface area contributed by atoms with E-state index in [9.17, 15) is 9.59 Å². The number of rotatable bonds is 9. The van der Waals surface area contributed by atoms with Crippen molar-refractivity contribution in [3.05, 3.63) is 0 Å². The van der Waals surface area contributed by atoms with Gasteiger partial charge < -0.3 is 10.4 Å². The number of aliphatic carboxylic acids is 1. The summed E-state index contributed by atoms with van der Waals surface area (Å²) >= 11 is 0. The second-order valence-electron chi connectivity index (χ2n) is 6.42. The van der Waals surface area contributed by atoms with Crippen molar-refractivity contribution >= 4 is 24.3 Å². The van der Waals surface area contributed by atoms with Crippen LogP contribution in [-0.4, -0.2) is 71.1 Å². The van der Waals surface area contributed by atoms with Gasteiger partial charge in [0.05, 0.1) is 12.6 Å². The molecule has 0 bridgehead atoms. The quantitative estimate of drug-likeness (QED) is 0.655. The Balaban J connectivity index is 0.00000529. The van der Waals surface area contributed by atoms with Gasteiger partial charge in [-0.3, -0.25) is 19.4 Å². The number of halogens is 1. The number of carbonyl (C=O) groups is 2. The summed E-state index contributed by atoms with van der Waals surface area (Å²) in [5, 5.41) is 12.1. The van der Waals surface area contributed by atoms with Crippen LogP contribution in [0.4, 0.5) is 0 Å². The van der Waals surface area contributed by atoms with Crippen LogP contribution in [-0.2, 0) is 9.59 Å². The molecule has 6 nitrogen and oxygen atoms in total. The first kappa shape index (κ1) is 23.1. The van der Waals surface area contributed by atoms with E-state index in [-0.39, 0.29) is 36.9 Å². The van der Waals surface area contributed by atoms with Gasteiger partial charge in [-0.1, -0.05) is 20.8 Å². The molecule has 1 rings (SSSR count). The topological polar surface area (TPSA) is 72.9 Å². The highest BCUT2D eigenvalue weighted by molar-refractivity contribution is 5.85. The Morgan fingerprint density at radius 1 is 1.21 bits per heavy atom. The maximum Gasteiger partial charge on any atom is 0.317 e. The minimum atomic E-state index is -0.771. The zero-order valence-corrected chi connectivity index (χ0v) is 16.3. The molecule has 0 aliphatic carbocycles. The van der Waals surface area contributed by atoms with Gasteiger partial charge in [0, 0.05) is 25.2 Å². The van der Waals surface area contributed by atoms with Gasteiger partial charge >= 0.3 is 5.97 Å². The van der Waals surface area contributed by atoms with Crippen molar-refractivity contribution in [3.63, 3.8) is 0 Å². The van der Waals surface area contributed by atoms with Gasteiger partial charge in [-0.25, -0.2) is 0 Å². The van der Waals surface area contributed by atoms with Crippen molar-refractivity contribution in [3.8, 4) is 0 Å². The molecule has 0 radical (unpaired) electrons. The fourth-order valence-electron chi connectivity index (χ4n) is 3.29. The van der Waals surface area contributed by atoms with Crippen LogP contribution in [0.3, 0.4) is 0 Å². The number of amides is 1. The average molecular weight is 364 g/mol. The number of carboxylic acids is 1. The molecule has 2 N–H and O–H groups in total. The molecule has 7 heteroatoms. The van der Waals surface area contributed by atoms with Crippen LogP contribution in [0, 0.1) is 0 Å². The van der Waals surface area contributed by atoms with E-state index < -0.39 is 5.97 Å². The number of carboxylic acid groups (broad SMARTS) is 1. The molecule has 1 atom stereocenters. The number of nitrogens with one attached hydrogen (secondary N) is 1. The molecule has 1 heterocycles. The molecule has 1 saturated heterocycles. The Bertz CT molecular complexity index is 383. The van der Waals surface area contributed by atoms with Crippen LogP contribution in [0.15, 0.2) is 0 Å². The number of carbonyl (C=O) groups excluding carboxylic acids is 1. The predicted molar refractivity (Wildman–Crippen MR) is 98.7 cm³/mol. The highest BCUT2D eigenvalue weighted by Gasteiger charge is 2.29. The SMILES string of the molecule is CCC(CC)NC(=O)C(C)N1CCC(N(CC)CC(=O)O)CC1.Cl. The normalized spacial score (nSPS) is 17.6. The largest absolute Gasteiger partial charge is 0.480 e. The zero-order chi connectivity index (χ0) is 17.4. The summed E-state index contributed by atoms with van der Waals surface area (Å²) in [5.41, 5.74) is 0. The minimum Gasteiger partial charge on any atom is -0.480 e. The monoisotopic (exact) mass is 363 g/mol. The van der Waals surface area contributed by atoms with E-state index in [2.05, 4.69) is 24.1 Å². The van der Waals surface area contributed by atoms with Crippen molar-refractivity contribution in [1.82, 2.24) is 15.1 Å². The van der Waals surface area contributed by atoms with Crippen molar-refractivity contribution in [2.24, 2.45) is 0 Å². The minimum absolute atomic E-state index is 0. The van der Waals surface area contributed by atoms with E-state index in [1.165, 1.54) is 0 Å². The number of hydrogen-bond acceptors (Lipinski definition) is 4. The van der Waals surface area contributed by atoms with Gasteiger partial charge in [0.2, 0.25) is 5.91 Å². The summed E-state index contributed by atoms with van der Waals surface area (Å²) in [6.07, 6.45) is 3.75. The van der Waals surface area contributed by atoms with Crippen molar-refractivity contribution in [2.45, 2.75) is 71.5 Å². The van der Waals surface area contributed by atoms with Crippen LogP contribution in [0.1, 0.15) is 53.4 Å². The van der Waals surface area contributed by atoms with E-state index in [4.69, 9.17) is 5.11 Å². The first-order chi connectivity index (χ1) is 10.9. The number of piperidine rings is 1. The van der Waals surface area contributed by atoms with Crippen LogP contribution < -0.4 is 5.32 Å². The third kappa shape index (κ3) is 6.95. The Kier molecular flexibility index (Phi) is 11.2. The predicted octanol–water partition coefficient (Wildman–Crippen LogP) is 1.97. The van der Waals surface area contributed by atoms with Gasteiger partial charge in [-0.15, -0.1) is 12.4 Å². The molecule has 1 amide bonds. The standard InChI is InChI=1S/C17H33N3O3.ClH/c1-5-14(6-2)18-17(23)13(4)20-10-8-15(9-11-20)19(7-3)12-16(21)22;/h13-15H,5-12H2,1-4H3,(H,18,23)(H,21,22);1H. The first-order valence-corrected chi connectivity index (χ1v) is 8.93. The molecule has 24 heavy (non-hydrogen) atoms. The second-order valence-corrected chi connectivity index (χ2v) is 6.42. The highest BCUT2D eigenvalue weighted by Crippen LogP contribution is 2.18. The molecular formula is C17H34ClN3O3. The zero-order valence-electron chi connectivity index (χ0n) is 15.5. The maximum atomic E-state index is 12.3. The highest BCUT2D eigenvalue weighted by atomic mass is 35.5. The summed E-state index contributed by atoms with van der Waals surface area (Å²) in [6, 6.07) is 0.446. The lowest BCUT2D eigenvalue weighted by Crippen LogP contribution is -2.53. The molecule has 0 aromatic carbocycles. The Morgan fingerprint density at radius 3 is 2.17 bits per heavy atom. The summed E-state index contributed by atoms with van der Waals surface area (Å²) in [4.78, 5) is 27.5. The third-order valence-electron chi connectivity index (χ3n) is 5.02. The lowest BCUT2D eigenvalue weighted by molar-refractivity contribution is -0.139. The molecule has 1 aliphatic heterocycles. The van der Waals surface area contributed by atoms with E-state index in [0.717, 1.165) is 45.3 Å². The smallest absolute Gasteiger partial charge is 0.317 e. The molecular weight excluding hydrogens is 330 g/mol. The molecule has 142 valence electrons. The fourth-order valence-corrected chi connectivity index (χ4v) is 3.29. The van der Waals surface area contributed by atoms with Crippen LogP contribution in [0.25, 0.3) is 0 Å². The number of nitrogens with zero attached hydrogens (tertiary/aromatic N) is 2. The average Bonchev–Trinajstić information content (AvgIpc) is 2.56. The van der Waals surface area contributed by atoms with E-state index >= 15 is 0 Å². The summed E-state index contributed by atoms with van der Waals surface area (Å²) in [5.74, 6) is -0.665. The van der Waals surface area contributed by atoms with E-state index in [1.54, 1.807) is 0 Å².